The van der Waals surface area contributed by atoms with Crippen molar-refractivity contribution in [3.63, 3.8) is 0 Å². The molecule has 6 nitrogen and oxygen atoms in total. The molecular formula is C24H21NO5. The molecule has 4 rings (SSSR count). The molecule has 0 spiro atoms. The molecule has 3 aromatic rings. The SMILES string of the molecule is O=C1c2ccccc2C(=O)c2c(Nc3ccc(OCCOCCO)cc3)cccc21. The van der Waals surface area contributed by atoms with Gasteiger partial charge in [0.25, 0.3) is 0 Å². The van der Waals surface area contributed by atoms with Crippen LogP contribution in [0.4, 0.5) is 11.4 Å². The van der Waals surface area contributed by atoms with Crippen LogP contribution in [0.3, 0.4) is 0 Å². The molecule has 2 N–H and O–H groups in total. The first kappa shape index (κ1) is 19.8. The van der Waals surface area contributed by atoms with Crippen molar-refractivity contribution in [2.75, 3.05) is 31.7 Å². The molecule has 0 bridgehead atoms. The van der Waals surface area contributed by atoms with Gasteiger partial charge in [-0.1, -0.05) is 36.4 Å². The van der Waals surface area contributed by atoms with E-state index in [1.165, 1.54) is 0 Å². The fourth-order valence-corrected chi connectivity index (χ4v) is 3.42. The zero-order chi connectivity index (χ0) is 20.9. The number of anilines is 2. The van der Waals surface area contributed by atoms with Gasteiger partial charge in [-0.25, -0.2) is 0 Å². The van der Waals surface area contributed by atoms with E-state index in [9.17, 15) is 9.59 Å². The number of ether oxygens (including phenoxy) is 2. The van der Waals surface area contributed by atoms with Crippen molar-refractivity contribution in [3.05, 3.63) is 89.0 Å². The minimum atomic E-state index is -0.161. The van der Waals surface area contributed by atoms with E-state index in [4.69, 9.17) is 14.6 Å². The lowest BCUT2D eigenvalue weighted by molar-refractivity contribution is 0.0705. The summed E-state index contributed by atoms with van der Waals surface area (Å²) < 4.78 is 10.7. The molecule has 0 amide bonds. The minimum absolute atomic E-state index is 0.0107. The first-order valence-corrected chi connectivity index (χ1v) is 9.69. The van der Waals surface area contributed by atoms with Crippen molar-refractivity contribution in [2.45, 2.75) is 0 Å². The Bertz CT molecular complexity index is 1080. The van der Waals surface area contributed by atoms with Crippen LogP contribution in [-0.4, -0.2) is 43.1 Å². The molecule has 0 atom stereocenters. The number of hydrogen-bond donors (Lipinski definition) is 2. The first-order valence-electron chi connectivity index (χ1n) is 9.69. The van der Waals surface area contributed by atoms with Crippen molar-refractivity contribution in [2.24, 2.45) is 0 Å². The van der Waals surface area contributed by atoms with Crippen molar-refractivity contribution >= 4 is 22.9 Å². The van der Waals surface area contributed by atoms with Crippen molar-refractivity contribution in [3.8, 4) is 5.75 Å². The second-order valence-corrected chi connectivity index (χ2v) is 6.77. The minimum Gasteiger partial charge on any atom is -0.491 e. The Morgan fingerprint density at radius 2 is 1.43 bits per heavy atom. The van der Waals surface area contributed by atoms with Crippen LogP contribution < -0.4 is 10.1 Å². The topological polar surface area (TPSA) is 84.9 Å². The molecule has 0 saturated heterocycles. The summed E-state index contributed by atoms with van der Waals surface area (Å²) >= 11 is 0. The number of rotatable bonds is 8. The van der Waals surface area contributed by atoms with Gasteiger partial charge in [0.05, 0.1) is 31.1 Å². The molecule has 0 heterocycles. The number of fused-ring (bicyclic) bond motifs is 2. The maximum absolute atomic E-state index is 13.1. The second-order valence-electron chi connectivity index (χ2n) is 6.77. The van der Waals surface area contributed by atoms with E-state index < -0.39 is 0 Å². The van der Waals surface area contributed by atoms with Gasteiger partial charge in [0.2, 0.25) is 0 Å². The first-order chi connectivity index (χ1) is 14.7. The van der Waals surface area contributed by atoms with E-state index in [2.05, 4.69) is 5.32 Å². The molecule has 0 radical (unpaired) electrons. The van der Waals surface area contributed by atoms with Gasteiger partial charge in [-0.05, 0) is 30.3 Å². The maximum Gasteiger partial charge on any atom is 0.196 e. The van der Waals surface area contributed by atoms with E-state index in [-0.39, 0.29) is 18.2 Å². The highest BCUT2D eigenvalue weighted by atomic mass is 16.5. The van der Waals surface area contributed by atoms with Gasteiger partial charge in [-0.15, -0.1) is 0 Å². The van der Waals surface area contributed by atoms with Crippen molar-refractivity contribution in [1.82, 2.24) is 0 Å². The fourth-order valence-electron chi connectivity index (χ4n) is 3.42. The van der Waals surface area contributed by atoms with Gasteiger partial charge in [0.15, 0.2) is 11.6 Å². The molecule has 6 heteroatoms. The molecule has 1 aliphatic rings. The highest BCUT2D eigenvalue weighted by molar-refractivity contribution is 6.30. The molecule has 152 valence electrons. The van der Waals surface area contributed by atoms with E-state index in [1.807, 2.05) is 24.3 Å². The quantitative estimate of drug-likeness (QED) is 0.438. The van der Waals surface area contributed by atoms with Gasteiger partial charge in [0.1, 0.15) is 12.4 Å². The standard InChI is InChI=1S/C24H21NO5/c26-12-13-29-14-15-30-17-10-8-16(9-11-17)25-21-7-3-6-20-22(21)24(28)19-5-2-1-4-18(19)23(20)27/h1-11,25-26H,12-15H2. The van der Waals surface area contributed by atoms with Gasteiger partial charge >= 0.3 is 0 Å². The third-order valence-corrected chi connectivity index (χ3v) is 4.82. The van der Waals surface area contributed by atoms with Gasteiger partial charge in [-0.3, -0.25) is 9.59 Å². The smallest absolute Gasteiger partial charge is 0.196 e. The molecule has 0 saturated carbocycles. The van der Waals surface area contributed by atoms with Gasteiger partial charge < -0.3 is 19.9 Å². The molecule has 0 unspecified atom stereocenters. The van der Waals surface area contributed by atoms with Crippen LogP contribution in [-0.2, 0) is 4.74 Å². The predicted molar refractivity (Wildman–Crippen MR) is 113 cm³/mol. The Hall–Kier alpha value is -3.48. The number of hydrogen-bond acceptors (Lipinski definition) is 6. The summed E-state index contributed by atoms with van der Waals surface area (Å²) in [5.74, 6) is 0.380. The molecule has 0 fully saturated rings. The number of ketones is 2. The number of benzene rings is 3. The number of carbonyl (C=O) groups excluding carboxylic acids is 2. The summed E-state index contributed by atoms with van der Waals surface area (Å²) in [5.41, 5.74) is 3.03. The lowest BCUT2D eigenvalue weighted by Gasteiger charge is -2.20. The number of aliphatic hydroxyl groups excluding tert-OH is 1. The van der Waals surface area contributed by atoms with E-state index in [0.29, 0.717) is 53.5 Å². The highest BCUT2D eigenvalue weighted by Gasteiger charge is 2.31. The van der Waals surface area contributed by atoms with Crippen LogP contribution in [0.15, 0.2) is 66.7 Å². The lowest BCUT2D eigenvalue weighted by Crippen LogP contribution is -2.22. The number of carbonyl (C=O) groups is 2. The van der Waals surface area contributed by atoms with Crippen LogP contribution >= 0.6 is 0 Å². The summed E-state index contributed by atoms with van der Waals surface area (Å²) in [4.78, 5) is 25.9. The van der Waals surface area contributed by atoms with E-state index >= 15 is 0 Å². The molecule has 30 heavy (non-hydrogen) atoms. The zero-order valence-corrected chi connectivity index (χ0v) is 16.3. The van der Waals surface area contributed by atoms with Crippen LogP contribution in [0.2, 0.25) is 0 Å². The average Bonchev–Trinajstić information content (AvgIpc) is 2.78. The van der Waals surface area contributed by atoms with E-state index in [0.717, 1.165) is 5.69 Å². The molecular weight excluding hydrogens is 382 g/mol. The number of aliphatic hydroxyl groups is 1. The second kappa shape index (κ2) is 8.90. The molecule has 3 aromatic carbocycles. The summed E-state index contributed by atoms with van der Waals surface area (Å²) in [6, 6.07) is 19.4. The van der Waals surface area contributed by atoms with Crippen LogP contribution in [0.1, 0.15) is 31.8 Å². The largest absolute Gasteiger partial charge is 0.491 e. The van der Waals surface area contributed by atoms with Crippen LogP contribution in [0, 0.1) is 0 Å². The predicted octanol–water partition coefficient (Wildman–Crippen LogP) is 3.59. The zero-order valence-electron chi connectivity index (χ0n) is 16.3. The molecule has 0 aliphatic heterocycles. The highest BCUT2D eigenvalue weighted by Crippen LogP contribution is 2.33. The third kappa shape index (κ3) is 3.96. The Balaban J connectivity index is 1.51. The Morgan fingerprint density at radius 3 is 2.17 bits per heavy atom. The molecule has 1 aliphatic carbocycles. The fraction of sp³-hybridized carbons (Fsp3) is 0.167. The average molecular weight is 403 g/mol. The summed E-state index contributed by atoms with van der Waals surface area (Å²) in [6.07, 6.45) is 0. The van der Waals surface area contributed by atoms with Crippen molar-refractivity contribution in [1.29, 1.82) is 0 Å². The Labute approximate surface area is 174 Å². The normalized spacial score (nSPS) is 12.3. The summed E-state index contributed by atoms with van der Waals surface area (Å²) in [7, 11) is 0. The monoisotopic (exact) mass is 403 g/mol. The Kier molecular flexibility index (Phi) is 5.88. The van der Waals surface area contributed by atoms with Crippen LogP contribution in [0.5, 0.6) is 5.75 Å². The summed E-state index contributed by atoms with van der Waals surface area (Å²) in [6.45, 7) is 1.06. The Morgan fingerprint density at radius 1 is 0.733 bits per heavy atom. The van der Waals surface area contributed by atoms with Gasteiger partial charge in [-0.2, -0.15) is 0 Å². The van der Waals surface area contributed by atoms with Crippen molar-refractivity contribution < 1.29 is 24.2 Å². The molecule has 0 aromatic heterocycles. The van der Waals surface area contributed by atoms with E-state index in [1.54, 1.807) is 42.5 Å². The number of nitrogens with one attached hydrogen (secondary N) is 1. The van der Waals surface area contributed by atoms with Gasteiger partial charge in [0, 0.05) is 22.4 Å². The maximum atomic E-state index is 13.1. The van der Waals surface area contributed by atoms with Crippen LogP contribution in [0.25, 0.3) is 0 Å². The summed E-state index contributed by atoms with van der Waals surface area (Å²) in [5, 5.41) is 11.9. The third-order valence-electron chi connectivity index (χ3n) is 4.82. The lowest BCUT2D eigenvalue weighted by atomic mass is 9.83.